The summed E-state index contributed by atoms with van der Waals surface area (Å²) in [5.41, 5.74) is 5.11. The highest BCUT2D eigenvalue weighted by Crippen LogP contribution is 2.40. The fourth-order valence-electron chi connectivity index (χ4n) is 3.35. The van der Waals surface area contributed by atoms with Gasteiger partial charge in [0, 0.05) is 23.5 Å². The van der Waals surface area contributed by atoms with Crippen molar-refractivity contribution < 1.29 is 19.4 Å². The summed E-state index contributed by atoms with van der Waals surface area (Å²) in [6.07, 6.45) is 2.02. The Morgan fingerprint density at radius 3 is 2.45 bits per heavy atom. The maximum Gasteiger partial charge on any atom is 0.344 e. The van der Waals surface area contributed by atoms with E-state index in [2.05, 4.69) is 33.8 Å². The zero-order valence-electron chi connectivity index (χ0n) is 18.4. The molecule has 1 N–H and O–H groups in total. The summed E-state index contributed by atoms with van der Waals surface area (Å²) >= 11 is 1.10. The minimum Gasteiger partial charge on any atom is -0.506 e. The van der Waals surface area contributed by atoms with E-state index in [1.54, 1.807) is 13.8 Å². The van der Waals surface area contributed by atoms with Gasteiger partial charge in [0.2, 0.25) is 5.91 Å². The SMILES string of the molecule is CCOC(=O)C1=C(O)/C(=C/c2cc(C)n(-c3ccc(C)cc3)c2C)SC1=NC(=O)CC. The first-order valence-corrected chi connectivity index (χ1v) is 11.0. The molecular weight excluding hydrogens is 412 g/mol. The molecule has 1 aliphatic rings. The second-order valence-electron chi connectivity index (χ2n) is 7.22. The van der Waals surface area contributed by atoms with E-state index in [9.17, 15) is 14.7 Å². The van der Waals surface area contributed by atoms with Gasteiger partial charge in [-0.3, -0.25) is 4.79 Å². The lowest BCUT2D eigenvalue weighted by Gasteiger charge is -2.10. The van der Waals surface area contributed by atoms with Crippen LogP contribution in [-0.2, 0) is 14.3 Å². The van der Waals surface area contributed by atoms with Crippen molar-refractivity contribution in [1.29, 1.82) is 0 Å². The Morgan fingerprint density at radius 2 is 1.84 bits per heavy atom. The molecule has 0 saturated carbocycles. The molecule has 6 nitrogen and oxygen atoms in total. The number of aliphatic hydroxyl groups is 1. The number of hydrogen-bond donors (Lipinski definition) is 1. The first-order valence-electron chi connectivity index (χ1n) is 10.1. The normalized spacial score (nSPS) is 16.4. The third-order valence-electron chi connectivity index (χ3n) is 4.95. The van der Waals surface area contributed by atoms with E-state index in [4.69, 9.17) is 4.74 Å². The molecule has 2 aromatic rings. The van der Waals surface area contributed by atoms with Gasteiger partial charge < -0.3 is 14.4 Å². The van der Waals surface area contributed by atoms with Crippen molar-refractivity contribution in [3.8, 4) is 5.69 Å². The summed E-state index contributed by atoms with van der Waals surface area (Å²) in [4.78, 5) is 28.7. The van der Waals surface area contributed by atoms with Crippen molar-refractivity contribution in [2.75, 3.05) is 6.61 Å². The van der Waals surface area contributed by atoms with Crippen molar-refractivity contribution in [3.05, 3.63) is 69.1 Å². The van der Waals surface area contributed by atoms with E-state index >= 15 is 0 Å². The fourth-order valence-corrected chi connectivity index (χ4v) is 4.37. The number of carbonyl (C=O) groups excluding carboxylic acids is 2. The van der Waals surface area contributed by atoms with Crippen molar-refractivity contribution in [1.82, 2.24) is 4.57 Å². The van der Waals surface area contributed by atoms with Crippen LogP contribution in [0, 0.1) is 20.8 Å². The van der Waals surface area contributed by atoms with Crippen molar-refractivity contribution >= 4 is 34.8 Å². The quantitative estimate of drug-likeness (QED) is 0.649. The lowest BCUT2D eigenvalue weighted by Crippen LogP contribution is -2.14. The van der Waals surface area contributed by atoms with Crippen LogP contribution < -0.4 is 0 Å². The molecule has 0 bridgehead atoms. The lowest BCUT2D eigenvalue weighted by molar-refractivity contribution is -0.138. The number of nitrogens with zero attached hydrogens (tertiary/aromatic N) is 2. The minimum atomic E-state index is -0.691. The number of benzene rings is 1. The summed E-state index contributed by atoms with van der Waals surface area (Å²) in [5, 5.41) is 10.9. The number of amides is 1. The highest BCUT2D eigenvalue weighted by molar-refractivity contribution is 8.18. The number of rotatable bonds is 5. The van der Waals surface area contributed by atoms with Crippen LogP contribution in [0.4, 0.5) is 0 Å². The lowest BCUT2D eigenvalue weighted by atomic mass is 10.1. The Balaban J connectivity index is 2.06. The molecule has 1 amide bonds. The summed E-state index contributed by atoms with van der Waals surface area (Å²) in [6.45, 7) is 9.60. The topological polar surface area (TPSA) is 80.9 Å². The number of aryl methyl sites for hydroxylation is 2. The standard InChI is InChI=1S/C24H26N2O4S/c1-6-20(27)25-23-21(24(29)30-7-2)22(28)19(31-23)13-17-12-15(4)26(16(17)5)18-10-8-14(3)9-11-18/h8-13,28H,6-7H2,1-5H3/b19-13-,25-23?. The van der Waals surface area contributed by atoms with Crippen LogP contribution in [0.3, 0.4) is 0 Å². The number of aliphatic imine (C=N–C) groups is 1. The molecular formula is C24H26N2O4S. The molecule has 0 atom stereocenters. The number of hydrogen-bond acceptors (Lipinski definition) is 5. The molecule has 0 fully saturated rings. The molecule has 3 rings (SSSR count). The number of aliphatic hydroxyl groups excluding tert-OH is 1. The third kappa shape index (κ3) is 4.66. The largest absolute Gasteiger partial charge is 0.506 e. The zero-order valence-corrected chi connectivity index (χ0v) is 19.2. The summed E-state index contributed by atoms with van der Waals surface area (Å²) in [6, 6.07) is 10.3. The summed E-state index contributed by atoms with van der Waals surface area (Å²) < 4.78 is 7.19. The third-order valence-corrected chi connectivity index (χ3v) is 5.97. The van der Waals surface area contributed by atoms with E-state index < -0.39 is 5.97 Å². The second-order valence-corrected chi connectivity index (χ2v) is 8.25. The summed E-state index contributed by atoms with van der Waals surface area (Å²) in [5.74, 6) is -1.27. The van der Waals surface area contributed by atoms with Crippen LogP contribution in [-0.4, -0.2) is 33.2 Å². The Hall–Kier alpha value is -3.06. The predicted molar refractivity (Wildman–Crippen MR) is 125 cm³/mol. The van der Waals surface area contributed by atoms with Crippen LogP contribution in [0.1, 0.15) is 42.8 Å². The molecule has 162 valence electrons. The Bertz CT molecular complexity index is 1120. The van der Waals surface area contributed by atoms with E-state index in [1.165, 1.54) is 5.56 Å². The molecule has 0 aliphatic carbocycles. The van der Waals surface area contributed by atoms with E-state index in [1.807, 2.05) is 32.9 Å². The number of thioether (sulfide) groups is 1. The molecule has 1 aromatic carbocycles. The average molecular weight is 439 g/mol. The molecule has 1 aliphatic heterocycles. The van der Waals surface area contributed by atoms with Gasteiger partial charge in [0.25, 0.3) is 0 Å². The monoisotopic (exact) mass is 438 g/mol. The Kier molecular flexibility index (Phi) is 6.85. The molecule has 2 heterocycles. The first kappa shape index (κ1) is 22.6. The van der Waals surface area contributed by atoms with Gasteiger partial charge in [-0.1, -0.05) is 36.4 Å². The van der Waals surface area contributed by atoms with Crippen LogP contribution in [0.2, 0.25) is 0 Å². The molecule has 1 aromatic heterocycles. The van der Waals surface area contributed by atoms with Gasteiger partial charge in [0.05, 0.1) is 11.5 Å². The molecule has 0 radical (unpaired) electrons. The Morgan fingerprint density at radius 1 is 1.16 bits per heavy atom. The smallest absolute Gasteiger partial charge is 0.344 e. The van der Waals surface area contributed by atoms with Gasteiger partial charge in [-0.15, -0.1) is 0 Å². The van der Waals surface area contributed by atoms with Crippen molar-refractivity contribution in [2.24, 2.45) is 4.99 Å². The second kappa shape index (κ2) is 9.39. The van der Waals surface area contributed by atoms with Crippen LogP contribution in [0.5, 0.6) is 0 Å². The highest BCUT2D eigenvalue weighted by Gasteiger charge is 2.33. The van der Waals surface area contributed by atoms with E-state index in [0.29, 0.717) is 4.91 Å². The average Bonchev–Trinajstić information content (AvgIpc) is 3.18. The van der Waals surface area contributed by atoms with Crippen LogP contribution >= 0.6 is 11.8 Å². The predicted octanol–water partition coefficient (Wildman–Crippen LogP) is 5.20. The molecule has 0 spiro atoms. The molecule has 31 heavy (non-hydrogen) atoms. The molecule has 0 unspecified atom stereocenters. The van der Waals surface area contributed by atoms with E-state index in [0.717, 1.165) is 34.4 Å². The zero-order chi connectivity index (χ0) is 22.7. The maximum absolute atomic E-state index is 12.4. The van der Waals surface area contributed by atoms with Crippen LogP contribution in [0.25, 0.3) is 11.8 Å². The Labute approximate surface area is 186 Å². The van der Waals surface area contributed by atoms with Gasteiger partial charge in [-0.05, 0) is 57.5 Å². The van der Waals surface area contributed by atoms with Gasteiger partial charge >= 0.3 is 5.97 Å². The number of ether oxygens (including phenoxy) is 1. The van der Waals surface area contributed by atoms with Crippen molar-refractivity contribution in [2.45, 2.75) is 41.0 Å². The van der Waals surface area contributed by atoms with E-state index in [-0.39, 0.29) is 35.3 Å². The fraction of sp³-hybridized carbons (Fsp3) is 0.292. The van der Waals surface area contributed by atoms with Crippen molar-refractivity contribution in [3.63, 3.8) is 0 Å². The van der Waals surface area contributed by atoms with Gasteiger partial charge in [0.15, 0.2) is 0 Å². The summed E-state index contributed by atoms with van der Waals surface area (Å²) in [7, 11) is 0. The number of aromatic nitrogens is 1. The van der Waals surface area contributed by atoms with Crippen LogP contribution in [0.15, 0.2) is 51.6 Å². The first-order chi connectivity index (χ1) is 14.8. The minimum absolute atomic E-state index is 0.0627. The number of esters is 1. The van der Waals surface area contributed by atoms with Gasteiger partial charge in [-0.2, -0.15) is 0 Å². The molecule has 0 saturated heterocycles. The number of carbonyl (C=O) groups is 2. The maximum atomic E-state index is 12.4. The highest BCUT2D eigenvalue weighted by atomic mass is 32.2. The molecule has 7 heteroatoms. The van der Waals surface area contributed by atoms with Gasteiger partial charge in [0.1, 0.15) is 16.4 Å². The van der Waals surface area contributed by atoms with Gasteiger partial charge in [-0.25, -0.2) is 9.79 Å².